The second-order valence-corrected chi connectivity index (χ2v) is 6.15. The zero-order chi connectivity index (χ0) is 19.8. The molecule has 0 heterocycles. The van der Waals surface area contributed by atoms with Gasteiger partial charge >= 0.3 is 5.97 Å². The van der Waals surface area contributed by atoms with Gasteiger partial charge in [-0.15, -0.1) is 0 Å². The number of carbonyl (C=O) groups is 1. The van der Waals surface area contributed by atoms with Crippen LogP contribution >= 0.6 is 12.2 Å². The average molecular weight is 388 g/mol. The van der Waals surface area contributed by atoms with E-state index in [-0.39, 0.29) is 6.04 Å². The number of ether oxygens (including phenoxy) is 3. The van der Waals surface area contributed by atoms with Crippen molar-refractivity contribution in [3.63, 3.8) is 0 Å². The number of nitrogens with one attached hydrogen (secondary N) is 2. The summed E-state index contributed by atoms with van der Waals surface area (Å²) in [5, 5.41) is 6.85. The molecule has 0 amide bonds. The molecular formula is C20H24N2O4S. The lowest BCUT2D eigenvalue weighted by atomic mass is 10.0. The van der Waals surface area contributed by atoms with Gasteiger partial charge in [-0.25, -0.2) is 4.79 Å². The molecule has 0 saturated heterocycles. The number of anilines is 1. The Balaban J connectivity index is 2.10. The molecular weight excluding hydrogens is 364 g/mol. The summed E-state index contributed by atoms with van der Waals surface area (Å²) in [6, 6.07) is 12.7. The van der Waals surface area contributed by atoms with Gasteiger partial charge in [0, 0.05) is 5.69 Å². The first-order chi connectivity index (χ1) is 13.0. The summed E-state index contributed by atoms with van der Waals surface area (Å²) in [5.74, 6) is 0.950. The van der Waals surface area contributed by atoms with Crippen LogP contribution in [0.25, 0.3) is 0 Å². The topological polar surface area (TPSA) is 68.8 Å². The van der Waals surface area contributed by atoms with Gasteiger partial charge in [0.15, 0.2) is 16.6 Å². The summed E-state index contributed by atoms with van der Waals surface area (Å²) in [5.41, 5.74) is 2.19. The average Bonchev–Trinajstić information content (AvgIpc) is 2.70. The van der Waals surface area contributed by atoms with Crippen LogP contribution in [-0.4, -0.2) is 32.4 Å². The molecule has 2 aromatic rings. The Bertz CT molecular complexity index is 810. The van der Waals surface area contributed by atoms with E-state index in [1.54, 1.807) is 32.4 Å². The fraction of sp³-hybridized carbons (Fsp3) is 0.300. The van der Waals surface area contributed by atoms with Gasteiger partial charge in [-0.1, -0.05) is 19.1 Å². The van der Waals surface area contributed by atoms with Crippen LogP contribution in [0.4, 0.5) is 5.69 Å². The summed E-state index contributed by atoms with van der Waals surface area (Å²) in [7, 11) is 4.56. The van der Waals surface area contributed by atoms with Crippen LogP contribution in [0.5, 0.6) is 11.5 Å². The van der Waals surface area contributed by atoms with Gasteiger partial charge in [-0.05, 0) is 54.5 Å². The molecule has 27 heavy (non-hydrogen) atoms. The van der Waals surface area contributed by atoms with Crippen molar-refractivity contribution in [2.75, 3.05) is 26.6 Å². The maximum atomic E-state index is 11.7. The van der Waals surface area contributed by atoms with Crippen molar-refractivity contribution < 1.29 is 19.0 Å². The lowest BCUT2D eigenvalue weighted by Gasteiger charge is -2.21. The lowest BCUT2D eigenvalue weighted by molar-refractivity contribution is 0.0601. The Hall–Kier alpha value is -2.80. The van der Waals surface area contributed by atoms with Crippen LogP contribution in [0.1, 0.15) is 35.3 Å². The van der Waals surface area contributed by atoms with Crippen molar-refractivity contribution >= 4 is 29.0 Å². The quantitative estimate of drug-likeness (QED) is 0.550. The molecule has 0 spiro atoms. The maximum absolute atomic E-state index is 11.7. The second-order valence-electron chi connectivity index (χ2n) is 5.75. The summed E-state index contributed by atoms with van der Waals surface area (Å²) >= 11 is 5.43. The minimum absolute atomic E-state index is 0.00593. The van der Waals surface area contributed by atoms with Crippen molar-refractivity contribution in [1.29, 1.82) is 0 Å². The summed E-state index contributed by atoms with van der Waals surface area (Å²) in [6.07, 6.45) is 0.819. The van der Waals surface area contributed by atoms with Gasteiger partial charge in [0.2, 0.25) is 0 Å². The van der Waals surface area contributed by atoms with Gasteiger partial charge in [0.05, 0.1) is 32.9 Å². The smallest absolute Gasteiger partial charge is 0.337 e. The second kappa shape index (κ2) is 9.78. The van der Waals surface area contributed by atoms with Crippen molar-refractivity contribution in [1.82, 2.24) is 5.32 Å². The third-order valence-corrected chi connectivity index (χ3v) is 4.28. The summed E-state index contributed by atoms with van der Waals surface area (Å²) in [6.45, 7) is 2.06. The van der Waals surface area contributed by atoms with E-state index in [0.717, 1.165) is 12.0 Å². The molecule has 0 aliphatic carbocycles. The SMILES string of the molecule is CCC(NC(=S)Nc1cccc(C(=O)OC)c1)c1ccc(OC)c(OC)c1. The molecule has 1 unspecified atom stereocenters. The van der Waals surface area contributed by atoms with Gasteiger partial charge in [0.1, 0.15) is 0 Å². The molecule has 0 fully saturated rings. The zero-order valence-corrected chi connectivity index (χ0v) is 16.7. The van der Waals surface area contributed by atoms with Gasteiger partial charge in [-0.2, -0.15) is 0 Å². The van der Waals surface area contributed by atoms with Crippen molar-refractivity contribution in [3.8, 4) is 11.5 Å². The largest absolute Gasteiger partial charge is 0.493 e. The molecule has 1 atom stereocenters. The number of thiocarbonyl (C=S) groups is 1. The molecule has 0 saturated carbocycles. The number of methoxy groups -OCH3 is 3. The first-order valence-electron chi connectivity index (χ1n) is 8.50. The first-order valence-corrected chi connectivity index (χ1v) is 8.91. The van der Waals surface area contributed by atoms with Gasteiger partial charge in [0.25, 0.3) is 0 Å². The van der Waals surface area contributed by atoms with Gasteiger partial charge in [-0.3, -0.25) is 0 Å². The van der Waals surface area contributed by atoms with E-state index in [1.165, 1.54) is 7.11 Å². The van der Waals surface area contributed by atoms with Crippen LogP contribution in [0.15, 0.2) is 42.5 Å². The standard InChI is InChI=1S/C20H24N2O4S/c1-5-16(13-9-10-17(24-2)18(12-13)25-3)22-20(27)21-15-8-6-7-14(11-15)19(23)26-4/h6-12,16H,5H2,1-4H3,(H2,21,22,27). The third kappa shape index (κ3) is 5.34. The predicted molar refractivity (Wildman–Crippen MR) is 110 cm³/mol. The number of rotatable bonds is 7. The molecule has 6 nitrogen and oxygen atoms in total. The fourth-order valence-electron chi connectivity index (χ4n) is 2.66. The molecule has 144 valence electrons. The number of carbonyl (C=O) groups excluding carboxylic acids is 1. The van der Waals surface area contributed by atoms with E-state index in [0.29, 0.717) is 27.9 Å². The van der Waals surface area contributed by atoms with Crippen molar-refractivity contribution in [3.05, 3.63) is 53.6 Å². The van der Waals surface area contributed by atoms with Crippen LogP contribution in [0, 0.1) is 0 Å². The fourth-order valence-corrected chi connectivity index (χ4v) is 2.92. The molecule has 2 N–H and O–H groups in total. The third-order valence-electron chi connectivity index (χ3n) is 4.07. The highest BCUT2D eigenvalue weighted by molar-refractivity contribution is 7.80. The zero-order valence-electron chi connectivity index (χ0n) is 15.9. The Morgan fingerprint density at radius 2 is 1.81 bits per heavy atom. The van der Waals surface area contributed by atoms with E-state index >= 15 is 0 Å². The van der Waals surface area contributed by atoms with Gasteiger partial charge < -0.3 is 24.8 Å². The molecule has 0 aromatic heterocycles. The minimum atomic E-state index is -0.394. The molecule has 0 radical (unpaired) electrons. The van der Waals surface area contributed by atoms with Crippen LogP contribution in [0.2, 0.25) is 0 Å². The monoisotopic (exact) mass is 388 g/mol. The first kappa shape index (κ1) is 20.5. The highest BCUT2D eigenvalue weighted by Gasteiger charge is 2.14. The summed E-state index contributed by atoms with van der Waals surface area (Å²) in [4.78, 5) is 11.7. The highest BCUT2D eigenvalue weighted by Crippen LogP contribution is 2.30. The summed E-state index contributed by atoms with van der Waals surface area (Å²) < 4.78 is 15.4. The van der Waals surface area contributed by atoms with Crippen LogP contribution in [0.3, 0.4) is 0 Å². The number of hydrogen-bond donors (Lipinski definition) is 2. The molecule has 7 heteroatoms. The molecule has 2 aromatic carbocycles. The Labute approximate surface area is 164 Å². The van der Waals surface area contributed by atoms with E-state index in [2.05, 4.69) is 17.6 Å². The molecule has 0 aliphatic rings. The van der Waals surface area contributed by atoms with Crippen LogP contribution < -0.4 is 20.1 Å². The predicted octanol–water partition coefficient (Wildman–Crippen LogP) is 3.93. The van der Waals surface area contributed by atoms with E-state index < -0.39 is 5.97 Å². The number of hydrogen-bond acceptors (Lipinski definition) is 5. The Morgan fingerprint density at radius 1 is 1.07 bits per heavy atom. The van der Waals surface area contributed by atoms with Crippen molar-refractivity contribution in [2.45, 2.75) is 19.4 Å². The van der Waals surface area contributed by atoms with E-state index in [1.807, 2.05) is 24.3 Å². The van der Waals surface area contributed by atoms with E-state index in [9.17, 15) is 4.79 Å². The normalized spacial score (nSPS) is 11.3. The molecule has 2 rings (SSSR count). The Kier molecular flexibility index (Phi) is 7.43. The highest BCUT2D eigenvalue weighted by atomic mass is 32.1. The lowest BCUT2D eigenvalue weighted by Crippen LogP contribution is -2.32. The van der Waals surface area contributed by atoms with Crippen molar-refractivity contribution in [2.24, 2.45) is 0 Å². The Morgan fingerprint density at radius 3 is 2.44 bits per heavy atom. The van der Waals surface area contributed by atoms with Crippen LogP contribution in [-0.2, 0) is 4.74 Å². The molecule has 0 aliphatic heterocycles. The molecule has 0 bridgehead atoms. The maximum Gasteiger partial charge on any atom is 0.337 e. The number of esters is 1. The minimum Gasteiger partial charge on any atom is -0.493 e. The van der Waals surface area contributed by atoms with E-state index in [4.69, 9.17) is 26.4 Å². The number of benzene rings is 2.